The number of hydrogen-bond acceptors (Lipinski definition) is 4. The summed E-state index contributed by atoms with van der Waals surface area (Å²) in [5, 5.41) is 3.23. The first-order valence-electron chi connectivity index (χ1n) is 10.8. The van der Waals surface area contributed by atoms with Gasteiger partial charge < -0.3 is 9.80 Å². The Kier molecular flexibility index (Phi) is 4.50. The molecule has 0 bridgehead atoms. The summed E-state index contributed by atoms with van der Waals surface area (Å²) in [6.45, 7) is 3.58. The van der Waals surface area contributed by atoms with Gasteiger partial charge in [0.25, 0.3) is 5.91 Å². The second-order valence-electron chi connectivity index (χ2n) is 8.52. The van der Waals surface area contributed by atoms with E-state index in [2.05, 4.69) is 51.6 Å². The van der Waals surface area contributed by atoms with Crippen molar-refractivity contribution in [2.24, 2.45) is 11.8 Å². The number of benzene rings is 2. The van der Waals surface area contributed by atoms with E-state index in [4.69, 9.17) is 4.98 Å². The van der Waals surface area contributed by atoms with Gasteiger partial charge in [0.2, 0.25) is 0 Å². The molecule has 4 aromatic rings. The Morgan fingerprint density at radius 1 is 0.839 bits per heavy atom. The van der Waals surface area contributed by atoms with Crippen LogP contribution in [-0.4, -0.2) is 42.0 Å². The van der Waals surface area contributed by atoms with Crippen LogP contribution >= 0.6 is 11.3 Å². The Bertz CT molecular complexity index is 1240. The van der Waals surface area contributed by atoms with Crippen LogP contribution in [0, 0.1) is 11.8 Å². The molecule has 5 heteroatoms. The predicted molar refractivity (Wildman–Crippen MR) is 127 cm³/mol. The van der Waals surface area contributed by atoms with Crippen LogP contribution in [0.4, 0.5) is 5.82 Å². The van der Waals surface area contributed by atoms with Gasteiger partial charge in [-0.2, -0.15) is 0 Å². The molecule has 4 nitrogen and oxygen atoms in total. The Labute approximate surface area is 185 Å². The molecule has 0 spiro atoms. The molecule has 1 unspecified atom stereocenters. The third-order valence-electron chi connectivity index (χ3n) is 6.63. The van der Waals surface area contributed by atoms with E-state index in [1.54, 1.807) is 11.3 Å². The van der Waals surface area contributed by atoms with Gasteiger partial charge in [0, 0.05) is 59.4 Å². The van der Waals surface area contributed by atoms with Crippen molar-refractivity contribution in [2.75, 3.05) is 31.1 Å². The Morgan fingerprint density at radius 3 is 2.42 bits per heavy atom. The number of hydrogen-bond donors (Lipinski definition) is 0. The molecule has 154 valence electrons. The van der Waals surface area contributed by atoms with Crippen molar-refractivity contribution in [3.05, 3.63) is 83.7 Å². The van der Waals surface area contributed by atoms with Gasteiger partial charge in [-0.15, -0.1) is 11.3 Å². The van der Waals surface area contributed by atoms with Crippen LogP contribution in [0.2, 0.25) is 0 Å². The molecule has 2 aliphatic rings. The van der Waals surface area contributed by atoms with Gasteiger partial charge in [-0.25, -0.2) is 4.98 Å². The van der Waals surface area contributed by atoms with Crippen LogP contribution in [0.1, 0.15) is 10.4 Å². The summed E-state index contributed by atoms with van der Waals surface area (Å²) in [5.74, 6) is 2.22. The topological polar surface area (TPSA) is 36.4 Å². The van der Waals surface area contributed by atoms with Gasteiger partial charge in [0.1, 0.15) is 5.82 Å². The summed E-state index contributed by atoms with van der Waals surface area (Å²) < 4.78 is 0. The number of carbonyl (C=O) groups is 1. The van der Waals surface area contributed by atoms with E-state index in [0.717, 1.165) is 53.5 Å². The van der Waals surface area contributed by atoms with E-state index >= 15 is 0 Å². The highest BCUT2D eigenvalue weighted by atomic mass is 32.1. The molecule has 2 aromatic heterocycles. The number of nitrogens with zero attached hydrogens (tertiary/aromatic N) is 3. The van der Waals surface area contributed by atoms with Crippen LogP contribution in [0.15, 0.2) is 78.2 Å². The number of likely N-dealkylation sites (tertiary alicyclic amines) is 1. The number of amides is 1. The second-order valence-corrected chi connectivity index (χ2v) is 9.47. The van der Waals surface area contributed by atoms with Gasteiger partial charge in [-0.1, -0.05) is 42.5 Å². The third kappa shape index (κ3) is 3.29. The van der Waals surface area contributed by atoms with E-state index in [9.17, 15) is 4.79 Å². The van der Waals surface area contributed by atoms with Crippen LogP contribution < -0.4 is 4.90 Å². The van der Waals surface area contributed by atoms with Gasteiger partial charge in [-0.05, 0) is 35.7 Å². The molecule has 2 aromatic carbocycles. The highest BCUT2D eigenvalue weighted by Crippen LogP contribution is 2.36. The summed E-state index contributed by atoms with van der Waals surface area (Å²) in [7, 11) is 0. The number of aromatic nitrogens is 1. The summed E-state index contributed by atoms with van der Waals surface area (Å²) in [5.41, 5.74) is 2.90. The predicted octanol–water partition coefficient (Wildman–Crippen LogP) is 5.17. The van der Waals surface area contributed by atoms with Crippen molar-refractivity contribution in [3.8, 4) is 10.4 Å². The SMILES string of the molecule is O=C(c1ccccc1-c1cccs1)N1CC2CN(c3ccc4ccccc4n3)C[C@H]2C1. The number of para-hydroxylation sites is 1. The summed E-state index contributed by atoms with van der Waals surface area (Å²) in [4.78, 5) is 23.9. The molecule has 2 atom stereocenters. The zero-order chi connectivity index (χ0) is 20.8. The first-order chi connectivity index (χ1) is 15.3. The molecular formula is C26H23N3OS. The maximum absolute atomic E-state index is 13.4. The average Bonchev–Trinajstić information content (AvgIpc) is 3.55. The number of thiophene rings is 1. The average molecular weight is 426 g/mol. The van der Waals surface area contributed by atoms with Gasteiger partial charge in [0.15, 0.2) is 0 Å². The lowest BCUT2D eigenvalue weighted by molar-refractivity contribution is 0.0783. The fraction of sp³-hybridized carbons (Fsp3) is 0.231. The van der Waals surface area contributed by atoms with Crippen LogP contribution in [0.3, 0.4) is 0 Å². The van der Waals surface area contributed by atoms with E-state index in [-0.39, 0.29) is 5.91 Å². The van der Waals surface area contributed by atoms with Gasteiger partial charge >= 0.3 is 0 Å². The van der Waals surface area contributed by atoms with Crippen molar-refractivity contribution in [1.82, 2.24) is 9.88 Å². The lowest BCUT2D eigenvalue weighted by atomic mass is 10.0. The number of rotatable bonds is 3. The molecule has 31 heavy (non-hydrogen) atoms. The molecule has 4 heterocycles. The molecule has 2 saturated heterocycles. The summed E-state index contributed by atoms with van der Waals surface area (Å²) in [6, 6.07) is 24.7. The number of pyridine rings is 1. The highest BCUT2D eigenvalue weighted by Gasteiger charge is 2.42. The van der Waals surface area contributed by atoms with Gasteiger partial charge in [-0.3, -0.25) is 4.79 Å². The smallest absolute Gasteiger partial charge is 0.254 e. The maximum atomic E-state index is 13.4. The molecule has 6 rings (SSSR count). The van der Waals surface area contributed by atoms with Crippen LogP contribution in [-0.2, 0) is 0 Å². The van der Waals surface area contributed by atoms with Crippen LogP contribution in [0.5, 0.6) is 0 Å². The molecule has 1 amide bonds. The number of anilines is 1. The Hall–Kier alpha value is -3.18. The van der Waals surface area contributed by atoms with E-state index in [0.29, 0.717) is 11.8 Å². The maximum Gasteiger partial charge on any atom is 0.254 e. The van der Waals surface area contributed by atoms with Crippen molar-refractivity contribution in [1.29, 1.82) is 0 Å². The van der Waals surface area contributed by atoms with Gasteiger partial charge in [0.05, 0.1) is 5.52 Å². The van der Waals surface area contributed by atoms with Crippen LogP contribution in [0.25, 0.3) is 21.3 Å². The largest absolute Gasteiger partial charge is 0.356 e. The quantitative estimate of drug-likeness (QED) is 0.454. The first-order valence-corrected chi connectivity index (χ1v) is 11.7. The van der Waals surface area contributed by atoms with Crippen molar-refractivity contribution >= 4 is 34.0 Å². The molecule has 0 saturated carbocycles. The third-order valence-corrected chi connectivity index (χ3v) is 7.53. The Morgan fingerprint density at radius 2 is 1.61 bits per heavy atom. The minimum Gasteiger partial charge on any atom is -0.356 e. The second kappa shape index (κ2) is 7.50. The van der Waals surface area contributed by atoms with E-state index < -0.39 is 0 Å². The summed E-state index contributed by atoms with van der Waals surface area (Å²) in [6.07, 6.45) is 0. The fourth-order valence-electron chi connectivity index (χ4n) is 5.06. The van der Waals surface area contributed by atoms with E-state index in [1.807, 2.05) is 36.4 Å². The normalized spacial score (nSPS) is 20.4. The molecule has 0 radical (unpaired) electrons. The lowest BCUT2D eigenvalue weighted by Gasteiger charge is -2.23. The number of carbonyl (C=O) groups excluding carboxylic acids is 1. The number of fused-ring (bicyclic) bond motifs is 2. The van der Waals surface area contributed by atoms with Crippen molar-refractivity contribution in [2.45, 2.75) is 0 Å². The molecule has 2 fully saturated rings. The Balaban J connectivity index is 1.19. The molecule has 2 aliphatic heterocycles. The summed E-state index contributed by atoms with van der Waals surface area (Å²) >= 11 is 1.68. The minimum atomic E-state index is 0.161. The van der Waals surface area contributed by atoms with E-state index in [1.165, 1.54) is 5.39 Å². The lowest BCUT2D eigenvalue weighted by Crippen LogP contribution is -2.33. The first kappa shape index (κ1) is 18.6. The minimum absolute atomic E-state index is 0.161. The molecule has 0 N–H and O–H groups in total. The van der Waals surface area contributed by atoms with Crippen molar-refractivity contribution < 1.29 is 4.79 Å². The highest BCUT2D eigenvalue weighted by molar-refractivity contribution is 7.13. The van der Waals surface area contributed by atoms with Crippen molar-refractivity contribution in [3.63, 3.8) is 0 Å². The fourth-order valence-corrected chi connectivity index (χ4v) is 5.83. The zero-order valence-electron chi connectivity index (χ0n) is 17.1. The zero-order valence-corrected chi connectivity index (χ0v) is 18.0. The molecule has 0 aliphatic carbocycles. The molecular weight excluding hydrogens is 402 g/mol. The standard InChI is InChI=1S/C26H23N3OS/c30-26(22-8-3-2-7-21(22)24-10-5-13-31-24)29-16-19-14-28(15-20(19)17-29)25-12-11-18-6-1-4-9-23(18)27-25/h1-13,19-20H,14-17H2/t19-,20?/m0/s1. The monoisotopic (exact) mass is 425 g/mol.